The second kappa shape index (κ2) is 27.3. The van der Waals surface area contributed by atoms with Crippen molar-refractivity contribution in [2.75, 3.05) is 19.5 Å². The first-order valence-electron chi connectivity index (χ1n) is 18.2. The number of aliphatic imine (C=N–C) groups is 1. The number of benzene rings is 1. The first-order valence-corrected chi connectivity index (χ1v) is 18.2. The van der Waals surface area contributed by atoms with Crippen molar-refractivity contribution in [2.45, 2.75) is 107 Å². The largest absolute Gasteiger partial charge is 0.494 e. The van der Waals surface area contributed by atoms with Gasteiger partial charge in [-0.2, -0.15) is 0 Å². The molecule has 3 rings (SSSR count). The number of hydrogen-bond acceptors (Lipinski definition) is 6. The van der Waals surface area contributed by atoms with Crippen LogP contribution in [0.25, 0.3) is 0 Å². The Morgan fingerprint density at radius 3 is 2.18 bits per heavy atom. The fourth-order valence-electron chi connectivity index (χ4n) is 4.64. The van der Waals surface area contributed by atoms with Gasteiger partial charge in [-0.1, -0.05) is 98.9 Å². The summed E-state index contributed by atoms with van der Waals surface area (Å²) in [6, 6.07) is 11.3. The molecule has 1 aliphatic carbocycles. The number of anilines is 1. The standard InChI is InChI=1S/C24H31N5O3.C8H11N.C7H16.C2H6/c1-6-9-17(28-24(31)16-12-13-16)14-20(15(3)23(30)26-4)29-19-11-8-10-18(21(19)32-5)22(25)27-7-2;1-2-5-8-6-3-4-7-9-8;1-4-7(5-2)6-3;1-2/h7-11,14,16,25,29H,3,6,12-13H2,1-2,4-5H3,(H,26,30)(H,28,31);3-4,6-7H,2,5H2,1H3;7H,4-6H2,1-3H3;1-2H3/b17-9-,20-14+,25-22?,27-7?;;;. The van der Waals surface area contributed by atoms with E-state index < -0.39 is 0 Å². The van der Waals surface area contributed by atoms with E-state index in [1.807, 2.05) is 45.2 Å². The smallest absolute Gasteiger partial charge is 0.252 e. The number of aryl methyl sites for hydroxylation is 1. The average Bonchev–Trinajstić information content (AvgIpc) is 4.00. The summed E-state index contributed by atoms with van der Waals surface area (Å²) in [5.74, 6) is 1.08. The second-order valence-corrected chi connectivity index (χ2v) is 11.4. The number of hydrogen-bond donors (Lipinski definition) is 4. The third-order valence-corrected chi connectivity index (χ3v) is 7.73. The fourth-order valence-corrected chi connectivity index (χ4v) is 4.64. The van der Waals surface area contributed by atoms with Crippen LogP contribution in [0.2, 0.25) is 0 Å². The molecule has 0 saturated heterocycles. The van der Waals surface area contributed by atoms with Gasteiger partial charge in [-0.05, 0) is 68.9 Å². The molecule has 0 aliphatic heterocycles. The van der Waals surface area contributed by atoms with Gasteiger partial charge in [0.05, 0.1) is 29.6 Å². The lowest BCUT2D eigenvalue weighted by molar-refractivity contribution is -0.121. The van der Waals surface area contributed by atoms with Crippen LogP contribution in [0.1, 0.15) is 112 Å². The number of carbonyl (C=O) groups is 2. The van der Waals surface area contributed by atoms with Gasteiger partial charge in [-0.3, -0.25) is 20.0 Å². The van der Waals surface area contributed by atoms with Gasteiger partial charge < -0.3 is 20.7 Å². The lowest BCUT2D eigenvalue weighted by atomic mass is 10.0. The predicted octanol–water partition coefficient (Wildman–Crippen LogP) is 9.42. The maximum Gasteiger partial charge on any atom is 0.252 e. The van der Waals surface area contributed by atoms with Crippen LogP contribution < -0.4 is 20.7 Å². The van der Waals surface area contributed by atoms with E-state index in [1.54, 1.807) is 31.2 Å². The highest BCUT2D eigenvalue weighted by molar-refractivity contribution is 6.04. The van der Waals surface area contributed by atoms with Gasteiger partial charge in [0.15, 0.2) is 11.6 Å². The topological polar surface area (TPSA) is 129 Å². The van der Waals surface area contributed by atoms with Crippen LogP contribution in [0.3, 0.4) is 0 Å². The van der Waals surface area contributed by atoms with Crippen LogP contribution in [0.4, 0.5) is 5.69 Å². The zero-order valence-electron chi connectivity index (χ0n) is 32.4. The summed E-state index contributed by atoms with van der Waals surface area (Å²) >= 11 is 0. The number of amides is 2. The van der Waals surface area contributed by atoms with Gasteiger partial charge >= 0.3 is 0 Å². The number of amidine groups is 1. The Kier molecular flexibility index (Phi) is 24.8. The van der Waals surface area contributed by atoms with Gasteiger partial charge in [-0.25, -0.2) is 4.99 Å². The molecule has 1 aliphatic rings. The van der Waals surface area contributed by atoms with E-state index in [1.165, 1.54) is 51.7 Å². The van der Waals surface area contributed by atoms with Gasteiger partial charge in [0, 0.05) is 36.8 Å². The molecule has 1 saturated carbocycles. The molecule has 50 heavy (non-hydrogen) atoms. The summed E-state index contributed by atoms with van der Waals surface area (Å²) in [5.41, 5.74) is 3.37. The molecule has 0 spiro atoms. The van der Waals surface area contributed by atoms with Crippen molar-refractivity contribution in [3.05, 3.63) is 89.6 Å². The van der Waals surface area contributed by atoms with E-state index >= 15 is 0 Å². The lowest BCUT2D eigenvalue weighted by Gasteiger charge is -2.18. The fraction of sp³-hybridized carbons (Fsp3) is 0.488. The normalized spacial score (nSPS) is 12.3. The van der Waals surface area contributed by atoms with Crippen molar-refractivity contribution >= 4 is 29.6 Å². The molecule has 1 aromatic carbocycles. The SMILES string of the molecule is C=C(C(=O)NC)/C(=C\C(=C\CC)NC(=O)C1CC1)Nc1cccc(C(=N)N=CC)c1OC.CC.CCC(CC)CC.CCCc1ccccn1. The minimum Gasteiger partial charge on any atom is -0.494 e. The summed E-state index contributed by atoms with van der Waals surface area (Å²) in [5, 5.41) is 16.9. The summed E-state index contributed by atoms with van der Waals surface area (Å²) in [4.78, 5) is 32.9. The van der Waals surface area contributed by atoms with E-state index in [0.717, 1.165) is 25.2 Å². The van der Waals surface area contributed by atoms with Gasteiger partial charge in [0.25, 0.3) is 5.91 Å². The molecule has 1 heterocycles. The van der Waals surface area contributed by atoms with Gasteiger partial charge in [0.2, 0.25) is 5.91 Å². The van der Waals surface area contributed by atoms with Crippen molar-refractivity contribution in [1.82, 2.24) is 15.6 Å². The molecule has 1 aromatic heterocycles. The predicted molar refractivity (Wildman–Crippen MR) is 212 cm³/mol. The maximum absolute atomic E-state index is 12.4. The molecule has 0 bridgehead atoms. The number of carbonyl (C=O) groups excluding carboxylic acids is 2. The number of pyridine rings is 1. The number of likely N-dealkylation sites (N-methyl/N-ethyl adjacent to an activating group) is 1. The Balaban J connectivity index is 0.00000108. The number of nitrogens with zero attached hydrogens (tertiary/aromatic N) is 2. The molecule has 2 aromatic rings. The van der Waals surface area contributed by atoms with Crippen LogP contribution >= 0.6 is 0 Å². The quantitative estimate of drug-likeness (QED) is 0.0641. The summed E-state index contributed by atoms with van der Waals surface area (Å²) in [6.45, 7) is 20.6. The number of nitrogens with one attached hydrogen (secondary N) is 4. The van der Waals surface area contributed by atoms with E-state index in [0.29, 0.717) is 34.8 Å². The molecule has 9 heteroatoms. The van der Waals surface area contributed by atoms with Crippen LogP contribution in [-0.4, -0.2) is 43.0 Å². The molecule has 9 nitrogen and oxygen atoms in total. The third kappa shape index (κ3) is 17.2. The molecule has 0 unspecified atom stereocenters. The molecule has 4 N–H and O–H groups in total. The summed E-state index contributed by atoms with van der Waals surface area (Å²) in [6.07, 6.45) is 15.7. The van der Waals surface area contributed by atoms with Crippen molar-refractivity contribution in [3.8, 4) is 5.75 Å². The van der Waals surface area contributed by atoms with Crippen LogP contribution in [0.15, 0.2) is 83.3 Å². The molecule has 1 fully saturated rings. The van der Waals surface area contributed by atoms with Crippen molar-refractivity contribution in [2.24, 2.45) is 16.8 Å². The zero-order valence-corrected chi connectivity index (χ0v) is 32.4. The summed E-state index contributed by atoms with van der Waals surface area (Å²) in [7, 11) is 3.02. The molecule has 2 amide bonds. The van der Waals surface area contributed by atoms with Crippen molar-refractivity contribution in [1.29, 1.82) is 5.41 Å². The van der Waals surface area contributed by atoms with Crippen LogP contribution in [-0.2, 0) is 16.0 Å². The highest BCUT2D eigenvalue weighted by atomic mass is 16.5. The van der Waals surface area contributed by atoms with Crippen LogP contribution in [0.5, 0.6) is 5.75 Å². The lowest BCUT2D eigenvalue weighted by Crippen LogP contribution is -2.26. The molecule has 0 atom stereocenters. The first-order chi connectivity index (χ1) is 24.1. The van der Waals surface area contributed by atoms with E-state index in [9.17, 15) is 9.59 Å². The highest BCUT2D eigenvalue weighted by Gasteiger charge is 2.30. The average molecular weight is 689 g/mol. The Labute approximate surface area is 302 Å². The number of aromatic nitrogens is 1. The van der Waals surface area contributed by atoms with Gasteiger partial charge in [-0.15, -0.1) is 0 Å². The van der Waals surface area contributed by atoms with Crippen molar-refractivity contribution in [3.63, 3.8) is 0 Å². The third-order valence-electron chi connectivity index (χ3n) is 7.73. The molecular formula is C41H64N6O3. The van der Waals surface area contributed by atoms with Crippen molar-refractivity contribution < 1.29 is 14.3 Å². The Hall–Kier alpha value is -4.53. The van der Waals surface area contributed by atoms with E-state index in [2.05, 4.69) is 66.3 Å². The highest BCUT2D eigenvalue weighted by Crippen LogP contribution is 2.32. The monoisotopic (exact) mass is 689 g/mol. The van der Waals surface area contributed by atoms with Crippen LogP contribution in [0, 0.1) is 17.2 Å². The minimum atomic E-state index is -0.369. The number of para-hydroxylation sites is 1. The molecular weight excluding hydrogens is 624 g/mol. The minimum absolute atomic E-state index is 0.0312. The van der Waals surface area contributed by atoms with Gasteiger partial charge in [0.1, 0.15) is 0 Å². The number of rotatable bonds is 15. The maximum atomic E-state index is 12.4. The van der Waals surface area contributed by atoms with E-state index in [4.69, 9.17) is 10.1 Å². The Morgan fingerprint density at radius 2 is 1.72 bits per heavy atom. The molecule has 0 radical (unpaired) electrons. The number of methoxy groups -OCH3 is 1. The first kappa shape index (κ1) is 45.5. The summed E-state index contributed by atoms with van der Waals surface area (Å²) < 4.78 is 5.55. The number of allylic oxidation sites excluding steroid dienone is 2. The Morgan fingerprint density at radius 1 is 1.06 bits per heavy atom. The zero-order chi connectivity index (χ0) is 37.9. The Bertz CT molecular complexity index is 1380. The molecule has 276 valence electrons. The van der Waals surface area contributed by atoms with E-state index in [-0.39, 0.29) is 29.1 Å². The number of ether oxygens (including phenoxy) is 1. The second-order valence-electron chi connectivity index (χ2n) is 11.4.